The zero-order chi connectivity index (χ0) is 14.2. The molecule has 108 valence electrons. The summed E-state index contributed by atoms with van der Waals surface area (Å²) in [6, 6.07) is 5.68. The molecular weight excluding hydrogens is 320 g/mol. The first kappa shape index (κ1) is 13.9. The summed E-state index contributed by atoms with van der Waals surface area (Å²) < 4.78 is 12.2. The van der Waals surface area contributed by atoms with Gasteiger partial charge in [-0.1, -0.05) is 19.3 Å². The molecule has 0 bridgehead atoms. The molecule has 0 aromatic heterocycles. The maximum atomic E-state index is 12.1. The Balaban J connectivity index is 1.76. The third-order valence-corrected chi connectivity index (χ3v) is 5.32. The average molecular weight is 339 g/mol. The number of hydrogen-bond donors (Lipinski definition) is 0. The van der Waals surface area contributed by atoms with Crippen LogP contribution in [0.3, 0.4) is 0 Å². The van der Waals surface area contributed by atoms with E-state index in [1.54, 1.807) is 7.11 Å². The van der Waals surface area contributed by atoms with E-state index in [0.29, 0.717) is 12.2 Å². The monoisotopic (exact) mass is 338 g/mol. The van der Waals surface area contributed by atoms with Gasteiger partial charge in [0, 0.05) is 6.42 Å². The van der Waals surface area contributed by atoms with E-state index >= 15 is 0 Å². The molecule has 0 radical (unpaired) electrons. The Morgan fingerprint density at radius 3 is 2.60 bits per heavy atom. The fraction of sp³-hybridized carbons (Fsp3) is 0.562. The molecule has 4 heteroatoms. The van der Waals surface area contributed by atoms with Crippen LogP contribution in [0.15, 0.2) is 22.7 Å². The minimum Gasteiger partial charge on any atom is -0.497 e. The van der Waals surface area contributed by atoms with E-state index in [9.17, 15) is 4.79 Å². The van der Waals surface area contributed by atoms with Gasteiger partial charge in [-0.2, -0.15) is 0 Å². The first-order valence-corrected chi connectivity index (χ1v) is 7.98. The maximum absolute atomic E-state index is 12.1. The van der Waals surface area contributed by atoms with Crippen molar-refractivity contribution in [2.24, 2.45) is 5.41 Å². The number of hydrogen-bond acceptors (Lipinski definition) is 3. The third-order valence-electron chi connectivity index (χ3n) is 4.70. The SMILES string of the molecule is COc1ccc(OC2CC(=O)C23CCCCC3)c(Br)c1. The summed E-state index contributed by atoms with van der Waals surface area (Å²) >= 11 is 3.51. The van der Waals surface area contributed by atoms with Gasteiger partial charge in [-0.25, -0.2) is 0 Å². The number of benzene rings is 1. The molecule has 2 aliphatic rings. The van der Waals surface area contributed by atoms with Crippen LogP contribution in [-0.2, 0) is 4.79 Å². The highest BCUT2D eigenvalue weighted by Crippen LogP contribution is 2.51. The Hall–Kier alpha value is -1.03. The largest absolute Gasteiger partial charge is 0.497 e. The summed E-state index contributed by atoms with van der Waals surface area (Å²) in [7, 11) is 1.64. The third kappa shape index (κ3) is 2.24. The van der Waals surface area contributed by atoms with Gasteiger partial charge in [0.2, 0.25) is 0 Å². The molecule has 3 rings (SSSR count). The van der Waals surface area contributed by atoms with Gasteiger partial charge in [0.05, 0.1) is 17.0 Å². The zero-order valence-electron chi connectivity index (χ0n) is 11.7. The van der Waals surface area contributed by atoms with Crippen LogP contribution < -0.4 is 9.47 Å². The molecule has 3 nitrogen and oxygen atoms in total. The zero-order valence-corrected chi connectivity index (χ0v) is 13.2. The van der Waals surface area contributed by atoms with E-state index in [1.807, 2.05) is 18.2 Å². The normalized spacial score (nSPS) is 24.3. The molecule has 2 fully saturated rings. The lowest BCUT2D eigenvalue weighted by Crippen LogP contribution is -2.57. The maximum Gasteiger partial charge on any atom is 0.146 e. The molecule has 0 saturated heterocycles. The van der Waals surface area contributed by atoms with Gasteiger partial charge in [0.25, 0.3) is 0 Å². The summed E-state index contributed by atoms with van der Waals surface area (Å²) in [5, 5.41) is 0. The van der Waals surface area contributed by atoms with E-state index in [1.165, 1.54) is 6.42 Å². The highest BCUT2D eigenvalue weighted by atomic mass is 79.9. The van der Waals surface area contributed by atoms with Crippen molar-refractivity contribution in [2.45, 2.75) is 44.6 Å². The van der Waals surface area contributed by atoms with Crippen LogP contribution in [0.5, 0.6) is 11.5 Å². The lowest BCUT2D eigenvalue weighted by Gasteiger charge is -2.49. The van der Waals surface area contributed by atoms with Crippen molar-refractivity contribution in [2.75, 3.05) is 7.11 Å². The fourth-order valence-electron chi connectivity index (χ4n) is 3.41. The van der Waals surface area contributed by atoms with Crippen molar-refractivity contribution in [3.8, 4) is 11.5 Å². The van der Waals surface area contributed by atoms with Gasteiger partial charge in [-0.15, -0.1) is 0 Å². The Morgan fingerprint density at radius 1 is 1.25 bits per heavy atom. The number of ketones is 1. The second-order valence-corrected chi connectivity index (χ2v) is 6.60. The fourth-order valence-corrected chi connectivity index (χ4v) is 3.86. The molecule has 2 saturated carbocycles. The van der Waals surface area contributed by atoms with Crippen molar-refractivity contribution in [3.63, 3.8) is 0 Å². The van der Waals surface area contributed by atoms with Gasteiger partial charge >= 0.3 is 0 Å². The average Bonchev–Trinajstić information content (AvgIpc) is 2.49. The first-order valence-electron chi connectivity index (χ1n) is 7.19. The molecule has 1 atom stereocenters. The second kappa shape index (κ2) is 5.40. The lowest BCUT2D eigenvalue weighted by atomic mass is 9.57. The Labute approximate surface area is 127 Å². The van der Waals surface area contributed by atoms with Gasteiger partial charge in [-0.3, -0.25) is 4.79 Å². The predicted octanol–water partition coefficient (Wildman–Crippen LogP) is 4.13. The number of carbonyl (C=O) groups is 1. The lowest BCUT2D eigenvalue weighted by molar-refractivity contribution is -0.156. The Morgan fingerprint density at radius 2 is 2.00 bits per heavy atom. The van der Waals surface area contributed by atoms with Crippen molar-refractivity contribution in [1.29, 1.82) is 0 Å². The van der Waals surface area contributed by atoms with Gasteiger partial charge in [0.1, 0.15) is 23.4 Å². The van der Waals surface area contributed by atoms with E-state index in [2.05, 4.69) is 15.9 Å². The standard InChI is InChI=1S/C16H19BrO3/c1-19-11-5-6-13(12(17)9-11)20-15-10-14(18)16(15)7-3-2-4-8-16/h5-6,9,15H,2-4,7-8,10H2,1H3. The summed E-state index contributed by atoms with van der Waals surface area (Å²) in [4.78, 5) is 12.1. The highest BCUT2D eigenvalue weighted by Gasteiger charge is 2.56. The van der Waals surface area contributed by atoms with Gasteiger partial charge in [0.15, 0.2) is 0 Å². The topological polar surface area (TPSA) is 35.5 Å². The molecule has 0 N–H and O–H groups in total. The molecule has 0 aliphatic heterocycles. The van der Waals surface area contributed by atoms with E-state index in [-0.39, 0.29) is 11.5 Å². The Kier molecular flexibility index (Phi) is 3.76. The van der Waals surface area contributed by atoms with Crippen molar-refractivity contribution >= 4 is 21.7 Å². The van der Waals surface area contributed by atoms with Crippen LogP contribution in [-0.4, -0.2) is 19.0 Å². The highest BCUT2D eigenvalue weighted by molar-refractivity contribution is 9.10. The van der Waals surface area contributed by atoms with Crippen LogP contribution in [0.4, 0.5) is 0 Å². The van der Waals surface area contributed by atoms with Crippen LogP contribution in [0.1, 0.15) is 38.5 Å². The second-order valence-electron chi connectivity index (χ2n) is 5.75. The first-order chi connectivity index (χ1) is 9.65. The smallest absolute Gasteiger partial charge is 0.146 e. The summed E-state index contributed by atoms with van der Waals surface area (Å²) in [5.41, 5.74) is -0.197. The van der Waals surface area contributed by atoms with Crippen LogP contribution in [0, 0.1) is 5.41 Å². The summed E-state index contributed by atoms with van der Waals surface area (Å²) in [6.45, 7) is 0. The molecule has 1 aromatic carbocycles. The molecule has 0 amide bonds. The summed E-state index contributed by atoms with van der Waals surface area (Å²) in [6.07, 6.45) is 6.12. The van der Waals surface area contributed by atoms with Gasteiger partial charge in [-0.05, 0) is 47.0 Å². The molecule has 1 unspecified atom stereocenters. The minimum absolute atomic E-state index is 0.0417. The Bertz CT molecular complexity index is 520. The molecular formula is C16H19BrO3. The van der Waals surface area contributed by atoms with Gasteiger partial charge < -0.3 is 9.47 Å². The molecule has 0 heterocycles. The predicted molar refractivity (Wildman–Crippen MR) is 80.3 cm³/mol. The number of carbonyl (C=O) groups excluding carboxylic acids is 1. The number of methoxy groups -OCH3 is 1. The van der Waals surface area contributed by atoms with Crippen LogP contribution in [0.2, 0.25) is 0 Å². The molecule has 1 aromatic rings. The molecule has 2 aliphatic carbocycles. The van der Waals surface area contributed by atoms with Crippen molar-refractivity contribution < 1.29 is 14.3 Å². The van der Waals surface area contributed by atoms with Crippen LogP contribution in [0.25, 0.3) is 0 Å². The van der Waals surface area contributed by atoms with Crippen molar-refractivity contribution in [1.82, 2.24) is 0 Å². The number of halogens is 1. The minimum atomic E-state index is -0.197. The van der Waals surface area contributed by atoms with E-state index in [4.69, 9.17) is 9.47 Å². The van der Waals surface area contributed by atoms with Crippen molar-refractivity contribution in [3.05, 3.63) is 22.7 Å². The molecule has 1 spiro atoms. The van der Waals surface area contributed by atoms with E-state index in [0.717, 1.165) is 41.7 Å². The van der Waals surface area contributed by atoms with Crippen LogP contribution >= 0.6 is 15.9 Å². The number of ether oxygens (including phenoxy) is 2. The summed E-state index contributed by atoms with van der Waals surface area (Å²) in [5.74, 6) is 1.99. The quantitative estimate of drug-likeness (QED) is 0.831. The number of Topliss-reactive ketones (excluding diaryl/α,β-unsaturated/α-hetero) is 1. The van der Waals surface area contributed by atoms with E-state index < -0.39 is 0 Å². The molecule has 20 heavy (non-hydrogen) atoms. The number of rotatable bonds is 3.